The van der Waals surface area contributed by atoms with Crippen LogP contribution in [0.5, 0.6) is 17.2 Å². The molecule has 0 aliphatic heterocycles. The Kier molecular flexibility index (Phi) is 8.39. The third kappa shape index (κ3) is 5.77. The molecule has 2 N–H and O–H groups in total. The Morgan fingerprint density at radius 2 is 1.75 bits per heavy atom. The molecule has 0 saturated carbocycles. The van der Waals surface area contributed by atoms with Gasteiger partial charge in [0.15, 0.2) is 17.5 Å². The van der Waals surface area contributed by atoms with E-state index in [0.717, 1.165) is 5.56 Å². The zero-order valence-corrected chi connectivity index (χ0v) is 16.8. The van der Waals surface area contributed by atoms with Crippen molar-refractivity contribution in [2.75, 3.05) is 34.4 Å². The van der Waals surface area contributed by atoms with Gasteiger partial charge in [-0.1, -0.05) is 18.2 Å². The zero-order chi connectivity index (χ0) is 20.4. The Morgan fingerprint density at radius 1 is 1.07 bits per heavy atom. The first kappa shape index (κ1) is 21.3. The van der Waals surface area contributed by atoms with Crippen LogP contribution in [0.3, 0.4) is 0 Å². The third-order valence-electron chi connectivity index (χ3n) is 4.14. The highest BCUT2D eigenvalue weighted by Gasteiger charge is 2.14. The first-order valence-corrected chi connectivity index (χ1v) is 9.18. The van der Waals surface area contributed by atoms with Gasteiger partial charge >= 0.3 is 0 Å². The van der Waals surface area contributed by atoms with Crippen molar-refractivity contribution >= 4 is 5.96 Å². The summed E-state index contributed by atoms with van der Waals surface area (Å²) < 4.78 is 30.2. The first-order chi connectivity index (χ1) is 13.6. The largest absolute Gasteiger partial charge is 0.493 e. The Labute approximate surface area is 165 Å². The fourth-order valence-electron chi connectivity index (χ4n) is 2.75. The number of rotatable bonds is 9. The number of halogens is 1. The van der Waals surface area contributed by atoms with Gasteiger partial charge in [0.1, 0.15) is 5.82 Å². The van der Waals surface area contributed by atoms with Crippen molar-refractivity contribution in [2.45, 2.75) is 19.9 Å². The molecule has 7 heteroatoms. The van der Waals surface area contributed by atoms with Crippen molar-refractivity contribution in [2.24, 2.45) is 4.99 Å². The molecule has 0 aliphatic carbocycles. The Bertz CT molecular complexity index is 771. The molecule has 6 nitrogen and oxygen atoms in total. The van der Waals surface area contributed by atoms with Crippen LogP contribution in [0, 0.1) is 5.82 Å². The summed E-state index contributed by atoms with van der Waals surface area (Å²) in [5, 5.41) is 6.42. The number of guanidine groups is 1. The van der Waals surface area contributed by atoms with E-state index in [4.69, 9.17) is 14.2 Å². The number of ether oxygens (including phenoxy) is 3. The summed E-state index contributed by atoms with van der Waals surface area (Å²) in [6, 6.07) is 10.6. The van der Waals surface area contributed by atoms with E-state index in [9.17, 15) is 4.39 Å². The number of methoxy groups -OCH3 is 2. The van der Waals surface area contributed by atoms with Gasteiger partial charge in [-0.15, -0.1) is 0 Å². The molecule has 28 heavy (non-hydrogen) atoms. The van der Waals surface area contributed by atoms with Crippen molar-refractivity contribution in [3.63, 3.8) is 0 Å². The summed E-state index contributed by atoms with van der Waals surface area (Å²) in [5.41, 5.74) is 1.63. The van der Waals surface area contributed by atoms with Crippen LogP contribution in [-0.4, -0.2) is 40.4 Å². The molecule has 0 unspecified atom stereocenters. The minimum atomic E-state index is -0.194. The van der Waals surface area contributed by atoms with Crippen molar-refractivity contribution in [3.05, 3.63) is 53.3 Å². The SMILES string of the molecule is CCOc1c(OC)cc(CNC(=NC)NCCc2ccccc2F)cc1OC. The highest BCUT2D eigenvalue weighted by atomic mass is 19.1. The number of nitrogens with zero attached hydrogens (tertiary/aromatic N) is 1. The summed E-state index contributed by atoms with van der Waals surface area (Å²) in [7, 11) is 4.88. The molecule has 0 amide bonds. The predicted octanol–water partition coefficient (Wildman–Crippen LogP) is 3.15. The highest BCUT2D eigenvalue weighted by molar-refractivity contribution is 5.79. The summed E-state index contributed by atoms with van der Waals surface area (Å²) in [5.74, 6) is 2.24. The summed E-state index contributed by atoms with van der Waals surface area (Å²) in [4.78, 5) is 4.20. The molecular weight excluding hydrogens is 361 g/mol. The van der Waals surface area contributed by atoms with E-state index in [-0.39, 0.29) is 5.82 Å². The maximum absolute atomic E-state index is 13.7. The third-order valence-corrected chi connectivity index (χ3v) is 4.14. The molecule has 2 aromatic rings. The summed E-state index contributed by atoms with van der Waals surface area (Å²) in [6.45, 7) is 3.50. The maximum atomic E-state index is 13.7. The lowest BCUT2D eigenvalue weighted by atomic mass is 10.1. The van der Waals surface area contributed by atoms with E-state index >= 15 is 0 Å². The van der Waals surface area contributed by atoms with E-state index in [1.54, 1.807) is 33.4 Å². The van der Waals surface area contributed by atoms with Crippen LogP contribution in [0.4, 0.5) is 4.39 Å². The Hall–Kier alpha value is -2.96. The van der Waals surface area contributed by atoms with E-state index in [0.29, 0.717) is 54.9 Å². The van der Waals surface area contributed by atoms with Crippen LogP contribution in [0.1, 0.15) is 18.1 Å². The quantitative estimate of drug-likeness (QED) is 0.510. The minimum absolute atomic E-state index is 0.194. The number of nitrogens with one attached hydrogen (secondary N) is 2. The molecule has 0 fully saturated rings. The van der Waals surface area contributed by atoms with Crippen LogP contribution in [-0.2, 0) is 13.0 Å². The monoisotopic (exact) mass is 389 g/mol. The minimum Gasteiger partial charge on any atom is -0.493 e. The van der Waals surface area contributed by atoms with Gasteiger partial charge in [-0.2, -0.15) is 0 Å². The fraction of sp³-hybridized carbons (Fsp3) is 0.381. The smallest absolute Gasteiger partial charge is 0.203 e. The lowest BCUT2D eigenvalue weighted by molar-refractivity contribution is 0.288. The van der Waals surface area contributed by atoms with E-state index < -0.39 is 0 Å². The molecule has 2 aromatic carbocycles. The number of hydrogen-bond donors (Lipinski definition) is 2. The van der Waals surface area contributed by atoms with Crippen LogP contribution < -0.4 is 24.8 Å². The molecule has 0 bridgehead atoms. The fourth-order valence-corrected chi connectivity index (χ4v) is 2.75. The number of aliphatic imine (C=N–C) groups is 1. The van der Waals surface area contributed by atoms with Crippen LogP contribution in [0.2, 0.25) is 0 Å². The number of benzene rings is 2. The topological polar surface area (TPSA) is 64.1 Å². The van der Waals surface area contributed by atoms with E-state index in [2.05, 4.69) is 15.6 Å². The molecule has 0 aliphatic rings. The molecule has 0 saturated heterocycles. The molecule has 2 rings (SSSR count). The van der Waals surface area contributed by atoms with Gasteiger partial charge in [0.2, 0.25) is 5.75 Å². The lowest BCUT2D eigenvalue weighted by Crippen LogP contribution is -2.37. The lowest BCUT2D eigenvalue weighted by Gasteiger charge is -2.16. The molecule has 0 atom stereocenters. The van der Waals surface area contributed by atoms with Gasteiger partial charge in [-0.3, -0.25) is 4.99 Å². The number of hydrogen-bond acceptors (Lipinski definition) is 4. The van der Waals surface area contributed by atoms with Crippen LogP contribution >= 0.6 is 0 Å². The molecule has 0 heterocycles. The van der Waals surface area contributed by atoms with Crippen molar-refractivity contribution in [1.82, 2.24) is 10.6 Å². The predicted molar refractivity (Wildman–Crippen MR) is 109 cm³/mol. The summed E-state index contributed by atoms with van der Waals surface area (Å²) in [6.07, 6.45) is 0.568. The van der Waals surface area contributed by atoms with Crippen LogP contribution in [0.15, 0.2) is 41.4 Å². The normalized spacial score (nSPS) is 11.1. The molecular formula is C21H28FN3O3. The average molecular weight is 389 g/mol. The van der Waals surface area contributed by atoms with E-state index in [1.165, 1.54) is 6.07 Å². The molecule has 152 valence electrons. The van der Waals surface area contributed by atoms with Crippen molar-refractivity contribution in [3.8, 4) is 17.2 Å². The standard InChI is InChI=1S/C21H28FN3O3/c1-5-28-20-18(26-3)12-15(13-19(20)27-4)14-25-21(23-2)24-11-10-16-8-6-7-9-17(16)22/h6-9,12-13H,5,10-11,14H2,1-4H3,(H2,23,24,25). The molecule has 0 spiro atoms. The Balaban J connectivity index is 1.96. The zero-order valence-electron chi connectivity index (χ0n) is 16.8. The Morgan fingerprint density at radius 3 is 2.32 bits per heavy atom. The second-order valence-electron chi connectivity index (χ2n) is 5.96. The second-order valence-corrected chi connectivity index (χ2v) is 5.96. The first-order valence-electron chi connectivity index (χ1n) is 9.18. The average Bonchev–Trinajstić information content (AvgIpc) is 2.72. The second kappa shape index (κ2) is 11.0. The van der Waals surface area contributed by atoms with Gasteiger partial charge < -0.3 is 24.8 Å². The highest BCUT2D eigenvalue weighted by Crippen LogP contribution is 2.38. The summed E-state index contributed by atoms with van der Waals surface area (Å²) >= 11 is 0. The van der Waals surface area contributed by atoms with Crippen molar-refractivity contribution in [1.29, 1.82) is 0 Å². The van der Waals surface area contributed by atoms with Gasteiger partial charge in [0, 0.05) is 20.1 Å². The maximum Gasteiger partial charge on any atom is 0.203 e. The van der Waals surface area contributed by atoms with Crippen molar-refractivity contribution < 1.29 is 18.6 Å². The van der Waals surface area contributed by atoms with Gasteiger partial charge in [-0.05, 0) is 42.7 Å². The van der Waals surface area contributed by atoms with Gasteiger partial charge in [-0.25, -0.2) is 4.39 Å². The van der Waals surface area contributed by atoms with Crippen LogP contribution in [0.25, 0.3) is 0 Å². The molecule has 0 aromatic heterocycles. The van der Waals surface area contributed by atoms with E-state index in [1.807, 2.05) is 25.1 Å². The van der Waals surface area contributed by atoms with Gasteiger partial charge in [0.25, 0.3) is 0 Å². The van der Waals surface area contributed by atoms with Gasteiger partial charge in [0.05, 0.1) is 20.8 Å². The molecule has 0 radical (unpaired) electrons.